The van der Waals surface area contributed by atoms with Gasteiger partial charge in [-0.3, -0.25) is 10.1 Å². The SMILES string of the molecule is Cc1c([N+](=O)[O-])cccc1S(=O)(=O)NC1(CN)CCCCC1C. The smallest absolute Gasteiger partial charge is 0.273 e. The number of nitrogens with two attached hydrogens (primary N) is 1. The van der Waals surface area contributed by atoms with Crippen LogP contribution in [0.5, 0.6) is 0 Å². The molecule has 0 bridgehead atoms. The summed E-state index contributed by atoms with van der Waals surface area (Å²) in [5, 5.41) is 11.0. The third kappa shape index (κ3) is 3.39. The Balaban J connectivity index is 2.43. The first-order valence-corrected chi connectivity index (χ1v) is 9.20. The predicted octanol–water partition coefficient (Wildman–Crippen LogP) is 2.09. The first-order valence-electron chi connectivity index (χ1n) is 7.71. The van der Waals surface area contributed by atoms with E-state index in [1.807, 2.05) is 6.92 Å². The van der Waals surface area contributed by atoms with Crippen LogP contribution in [0.4, 0.5) is 5.69 Å². The molecule has 2 atom stereocenters. The fourth-order valence-electron chi connectivity index (χ4n) is 3.32. The Hall–Kier alpha value is -1.51. The summed E-state index contributed by atoms with van der Waals surface area (Å²) in [5.41, 5.74) is 5.15. The summed E-state index contributed by atoms with van der Waals surface area (Å²) < 4.78 is 28.4. The van der Waals surface area contributed by atoms with Crippen LogP contribution in [0.2, 0.25) is 0 Å². The van der Waals surface area contributed by atoms with Gasteiger partial charge in [0.25, 0.3) is 5.69 Å². The molecule has 1 aromatic carbocycles. The second-order valence-corrected chi connectivity index (χ2v) is 7.92. The fraction of sp³-hybridized carbons (Fsp3) is 0.600. The summed E-state index contributed by atoms with van der Waals surface area (Å²) in [4.78, 5) is 10.4. The van der Waals surface area contributed by atoms with Gasteiger partial charge < -0.3 is 5.73 Å². The minimum Gasteiger partial charge on any atom is -0.329 e. The van der Waals surface area contributed by atoms with Crippen molar-refractivity contribution in [2.24, 2.45) is 11.7 Å². The molecule has 1 aromatic rings. The summed E-state index contributed by atoms with van der Waals surface area (Å²) in [6.07, 6.45) is 3.56. The summed E-state index contributed by atoms with van der Waals surface area (Å²) in [5.74, 6) is 0.120. The highest BCUT2D eigenvalue weighted by molar-refractivity contribution is 7.89. The number of nitro benzene ring substituents is 1. The van der Waals surface area contributed by atoms with E-state index in [-0.39, 0.29) is 28.6 Å². The number of hydrogen-bond donors (Lipinski definition) is 2. The van der Waals surface area contributed by atoms with E-state index in [1.165, 1.54) is 25.1 Å². The Labute approximate surface area is 136 Å². The molecule has 7 nitrogen and oxygen atoms in total. The van der Waals surface area contributed by atoms with Crippen LogP contribution >= 0.6 is 0 Å². The molecule has 1 saturated carbocycles. The number of rotatable bonds is 5. The van der Waals surface area contributed by atoms with E-state index in [1.54, 1.807) is 0 Å². The lowest BCUT2D eigenvalue weighted by molar-refractivity contribution is -0.385. The summed E-state index contributed by atoms with van der Waals surface area (Å²) in [7, 11) is -3.88. The molecule has 0 amide bonds. The Morgan fingerprint density at radius 2 is 2.13 bits per heavy atom. The van der Waals surface area contributed by atoms with Crippen molar-refractivity contribution in [3.63, 3.8) is 0 Å². The Bertz CT molecular complexity index is 705. The molecule has 8 heteroatoms. The van der Waals surface area contributed by atoms with Crippen LogP contribution in [0.1, 0.15) is 38.2 Å². The first kappa shape index (κ1) is 17.8. The normalized spacial score (nSPS) is 25.3. The number of benzene rings is 1. The van der Waals surface area contributed by atoms with E-state index >= 15 is 0 Å². The molecule has 23 heavy (non-hydrogen) atoms. The van der Waals surface area contributed by atoms with Crippen molar-refractivity contribution in [1.82, 2.24) is 4.72 Å². The van der Waals surface area contributed by atoms with E-state index in [9.17, 15) is 18.5 Å². The van der Waals surface area contributed by atoms with Crippen molar-refractivity contribution >= 4 is 15.7 Å². The molecule has 1 fully saturated rings. The summed E-state index contributed by atoms with van der Waals surface area (Å²) in [6, 6.07) is 4.08. The average molecular weight is 341 g/mol. The third-order valence-electron chi connectivity index (χ3n) is 4.90. The van der Waals surface area contributed by atoms with E-state index < -0.39 is 20.5 Å². The third-order valence-corrected chi connectivity index (χ3v) is 6.59. The molecule has 1 aliphatic carbocycles. The van der Waals surface area contributed by atoms with Crippen molar-refractivity contribution in [3.05, 3.63) is 33.9 Å². The monoisotopic (exact) mass is 341 g/mol. The van der Waals surface area contributed by atoms with Gasteiger partial charge in [0.05, 0.1) is 9.82 Å². The van der Waals surface area contributed by atoms with Crippen molar-refractivity contribution < 1.29 is 13.3 Å². The van der Waals surface area contributed by atoms with Gasteiger partial charge in [-0.1, -0.05) is 25.8 Å². The largest absolute Gasteiger partial charge is 0.329 e. The molecule has 128 valence electrons. The van der Waals surface area contributed by atoms with Crippen LogP contribution in [-0.2, 0) is 10.0 Å². The van der Waals surface area contributed by atoms with E-state index in [0.717, 1.165) is 19.3 Å². The minimum absolute atomic E-state index is 0.0581. The average Bonchev–Trinajstić information content (AvgIpc) is 2.49. The van der Waals surface area contributed by atoms with Gasteiger partial charge in [-0.2, -0.15) is 0 Å². The fourth-order valence-corrected chi connectivity index (χ4v) is 5.12. The molecule has 0 aromatic heterocycles. The molecule has 0 heterocycles. The molecular formula is C15H23N3O4S. The molecule has 0 aliphatic heterocycles. The van der Waals surface area contributed by atoms with E-state index in [2.05, 4.69) is 4.72 Å². The molecule has 0 spiro atoms. The van der Waals surface area contributed by atoms with Crippen LogP contribution in [0.3, 0.4) is 0 Å². The highest BCUT2D eigenvalue weighted by Gasteiger charge is 2.41. The number of sulfonamides is 1. The maximum Gasteiger partial charge on any atom is 0.273 e. The molecule has 3 N–H and O–H groups in total. The zero-order valence-electron chi connectivity index (χ0n) is 13.4. The molecule has 2 rings (SSSR count). The summed E-state index contributed by atoms with van der Waals surface area (Å²) in [6.45, 7) is 3.66. The van der Waals surface area contributed by atoms with E-state index in [4.69, 9.17) is 5.73 Å². The number of nitro groups is 1. The zero-order valence-corrected chi connectivity index (χ0v) is 14.2. The van der Waals surface area contributed by atoms with Crippen molar-refractivity contribution in [1.29, 1.82) is 0 Å². The van der Waals surface area contributed by atoms with E-state index in [0.29, 0.717) is 6.42 Å². The Kier molecular flexibility index (Phi) is 5.07. The topological polar surface area (TPSA) is 115 Å². The van der Waals surface area contributed by atoms with Crippen molar-refractivity contribution in [3.8, 4) is 0 Å². The minimum atomic E-state index is -3.88. The lowest BCUT2D eigenvalue weighted by Crippen LogP contribution is -2.59. The Morgan fingerprint density at radius 3 is 2.70 bits per heavy atom. The maximum atomic E-state index is 12.8. The van der Waals surface area contributed by atoms with Gasteiger partial charge in [0.15, 0.2) is 0 Å². The number of nitrogens with zero attached hydrogens (tertiary/aromatic N) is 1. The second kappa shape index (κ2) is 6.54. The van der Waals surface area contributed by atoms with Crippen molar-refractivity contribution in [2.45, 2.75) is 50.0 Å². The second-order valence-electron chi connectivity index (χ2n) is 6.27. The van der Waals surface area contributed by atoms with Crippen LogP contribution in [0.25, 0.3) is 0 Å². The Morgan fingerprint density at radius 1 is 1.43 bits per heavy atom. The standard InChI is InChI=1S/C15H23N3O4S/c1-11-6-3-4-9-15(11,10-16)17-23(21,22)14-8-5-7-13(12(14)2)18(19)20/h5,7-8,11,17H,3-4,6,9-10,16H2,1-2H3. The highest BCUT2D eigenvalue weighted by Crippen LogP contribution is 2.35. The first-order chi connectivity index (χ1) is 10.7. The lowest BCUT2D eigenvalue weighted by atomic mass is 9.74. The van der Waals surface area contributed by atoms with Gasteiger partial charge in [0.1, 0.15) is 0 Å². The van der Waals surface area contributed by atoms with Gasteiger partial charge in [-0.25, -0.2) is 13.1 Å². The molecule has 1 aliphatic rings. The van der Waals surface area contributed by atoms with Crippen molar-refractivity contribution in [2.75, 3.05) is 6.54 Å². The van der Waals surface area contributed by atoms with Crippen LogP contribution < -0.4 is 10.5 Å². The molecule has 0 radical (unpaired) electrons. The number of hydrogen-bond acceptors (Lipinski definition) is 5. The molecular weight excluding hydrogens is 318 g/mol. The maximum absolute atomic E-state index is 12.8. The van der Waals surface area contributed by atoms with Crippen LogP contribution in [0, 0.1) is 23.0 Å². The number of nitrogens with one attached hydrogen (secondary N) is 1. The van der Waals surface area contributed by atoms with Crippen LogP contribution in [0.15, 0.2) is 23.1 Å². The summed E-state index contributed by atoms with van der Waals surface area (Å²) >= 11 is 0. The van der Waals surface area contributed by atoms with Crippen LogP contribution in [-0.4, -0.2) is 25.4 Å². The van der Waals surface area contributed by atoms with Gasteiger partial charge >= 0.3 is 0 Å². The zero-order chi connectivity index (χ0) is 17.3. The molecule has 2 unspecified atom stereocenters. The highest BCUT2D eigenvalue weighted by atomic mass is 32.2. The van der Waals surface area contributed by atoms with Gasteiger partial charge in [0, 0.05) is 23.7 Å². The predicted molar refractivity (Wildman–Crippen MR) is 87.6 cm³/mol. The lowest BCUT2D eigenvalue weighted by Gasteiger charge is -2.42. The van der Waals surface area contributed by atoms with Gasteiger partial charge in [-0.05, 0) is 31.7 Å². The van der Waals surface area contributed by atoms with Gasteiger partial charge in [-0.15, -0.1) is 0 Å². The quantitative estimate of drug-likeness (QED) is 0.628. The van der Waals surface area contributed by atoms with Gasteiger partial charge in [0.2, 0.25) is 10.0 Å². The molecule has 0 saturated heterocycles.